The number of imidazole rings is 1. The van der Waals surface area contributed by atoms with Crippen molar-refractivity contribution in [2.24, 2.45) is 12.1 Å². The molecule has 0 aliphatic carbocycles. The lowest BCUT2D eigenvalue weighted by Gasteiger charge is -2.33. The van der Waals surface area contributed by atoms with E-state index in [0.29, 0.717) is 30.6 Å². The molecule has 5 rings (SSSR count). The number of nitrogens with zero attached hydrogens (tertiary/aromatic N) is 8. The van der Waals surface area contributed by atoms with E-state index in [2.05, 4.69) is 37.1 Å². The third-order valence-electron chi connectivity index (χ3n) is 6.03. The van der Waals surface area contributed by atoms with E-state index in [1.807, 2.05) is 6.92 Å². The Kier molecular flexibility index (Phi) is 5.40. The molecule has 34 heavy (non-hydrogen) atoms. The summed E-state index contributed by atoms with van der Waals surface area (Å²) in [7, 11) is 1.80. The van der Waals surface area contributed by atoms with Crippen LogP contribution < -0.4 is 0 Å². The Hall–Kier alpha value is -4.35. The molecule has 11 nitrogen and oxygen atoms in total. The fourth-order valence-electron chi connectivity index (χ4n) is 4.11. The minimum Gasteiger partial charge on any atom is -0.412 e. The Bertz CT molecular complexity index is 1350. The van der Waals surface area contributed by atoms with Gasteiger partial charge in [0, 0.05) is 44.3 Å². The number of rotatable bonds is 5. The number of aromatic amines is 1. The lowest BCUT2D eigenvalue weighted by atomic mass is 9.98. The van der Waals surface area contributed by atoms with Gasteiger partial charge in [-0.05, 0) is 25.5 Å². The summed E-state index contributed by atoms with van der Waals surface area (Å²) in [5.41, 5.74) is 3.40. The molecule has 0 bridgehead atoms. The average molecular weight is 463 g/mol. The summed E-state index contributed by atoms with van der Waals surface area (Å²) in [6.07, 6.45) is 10.3. The number of allylic oxidation sites excluding steroid dienone is 3. The lowest BCUT2D eigenvalue weighted by molar-refractivity contribution is 0.0616. The maximum absolute atomic E-state index is 14.5. The quantitative estimate of drug-likeness (QED) is 0.578. The SMILES string of the molecule is C=NN1C=CC=C(F)/C1=C/C[C@H]1c2nc[nH]c2CCN1C(=O)c1nnc(-c2cnn(C)c2C)o1. The van der Waals surface area contributed by atoms with Crippen LogP contribution in [-0.4, -0.2) is 59.0 Å². The topological polar surface area (TPSA) is 121 Å². The van der Waals surface area contributed by atoms with Crippen molar-refractivity contribution < 1.29 is 13.6 Å². The van der Waals surface area contributed by atoms with Crippen LogP contribution in [0.25, 0.3) is 11.5 Å². The molecule has 0 saturated heterocycles. The van der Waals surface area contributed by atoms with Gasteiger partial charge in [0.2, 0.25) is 0 Å². The number of aryl methyl sites for hydroxylation is 1. The third kappa shape index (κ3) is 3.62. The number of hydrogen-bond donors (Lipinski definition) is 1. The van der Waals surface area contributed by atoms with Crippen LogP contribution in [0, 0.1) is 6.92 Å². The molecule has 1 amide bonds. The van der Waals surface area contributed by atoms with Gasteiger partial charge >= 0.3 is 11.8 Å². The van der Waals surface area contributed by atoms with Crippen LogP contribution in [0.3, 0.4) is 0 Å². The van der Waals surface area contributed by atoms with Crippen molar-refractivity contribution in [2.75, 3.05) is 6.54 Å². The molecule has 5 heterocycles. The molecule has 12 heteroatoms. The molecule has 174 valence electrons. The largest absolute Gasteiger partial charge is 0.412 e. The van der Waals surface area contributed by atoms with Crippen LogP contribution >= 0.6 is 0 Å². The first-order valence-corrected chi connectivity index (χ1v) is 10.6. The number of carbonyl (C=O) groups is 1. The van der Waals surface area contributed by atoms with Gasteiger partial charge < -0.3 is 14.3 Å². The minimum absolute atomic E-state index is 0.129. The standard InChI is InChI=1S/C22H22FN9O2/c1-13-14(11-27-30(13)3)20-28-29-21(34-20)22(33)31-10-8-16-19(26-12-25-16)18(31)7-6-17-15(23)5-4-9-32(17)24-2/h4-6,9,11-12,18H,2,7-8,10H2,1,3H3,(H,25,26)/b17-6-/t18-/m0/s1. The van der Waals surface area contributed by atoms with E-state index in [-0.39, 0.29) is 17.5 Å². The van der Waals surface area contributed by atoms with E-state index in [4.69, 9.17) is 4.42 Å². The Labute approximate surface area is 194 Å². The molecule has 0 aromatic carbocycles. The second kappa shape index (κ2) is 8.54. The van der Waals surface area contributed by atoms with E-state index in [9.17, 15) is 9.18 Å². The molecule has 0 fully saturated rings. The fraction of sp³-hybridized carbons (Fsp3) is 0.273. The highest BCUT2D eigenvalue weighted by atomic mass is 19.1. The van der Waals surface area contributed by atoms with Crippen LogP contribution in [-0.2, 0) is 13.5 Å². The molecule has 0 unspecified atom stereocenters. The van der Waals surface area contributed by atoms with Gasteiger partial charge in [0.25, 0.3) is 5.89 Å². The number of aromatic nitrogens is 6. The summed E-state index contributed by atoms with van der Waals surface area (Å²) in [6.45, 7) is 5.77. The van der Waals surface area contributed by atoms with Gasteiger partial charge in [-0.25, -0.2) is 14.4 Å². The van der Waals surface area contributed by atoms with E-state index in [1.54, 1.807) is 47.5 Å². The fourth-order valence-corrected chi connectivity index (χ4v) is 4.11. The van der Waals surface area contributed by atoms with Crippen molar-refractivity contribution in [2.45, 2.75) is 25.8 Å². The Balaban J connectivity index is 1.45. The van der Waals surface area contributed by atoms with Crippen LogP contribution in [0.1, 0.15) is 40.2 Å². The summed E-state index contributed by atoms with van der Waals surface area (Å²) in [6, 6.07) is -0.462. The molecule has 0 spiro atoms. The van der Waals surface area contributed by atoms with Crippen molar-refractivity contribution in [1.82, 2.24) is 39.9 Å². The van der Waals surface area contributed by atoms with Gasteiger partial charge in [-0.15, -0.1) is 10.2 Å². The maximum Gasteiger partial charge on any atom is 0.312 e. The van der Waals surface area contributed by atoms with Gasteiger partial charge in [0.15, 0.2) is 0 Å². The smallest absolute Gasteiger partial charge is 0.312 e. The zero-order chi connectivity index (χ0) is 23.8. The zero-order valence-corrected chi connectivity index (χ0v) is 18.6. The second-order valence-electron chi connectivity index (χ2n) is 7.88. The highest BCUT2D eigenvalue weighted by molar-refractivity contribution is 5.90. The first-order valence-electron chi connectivity index (χ1n) is 10.6. The number of fused-ring (bicyclic) bond motifs is 1. The summed E-state index contributed by atoms with van der Waals surface area (Å²) in [5.74, 6) is -0.773. The van der Waals surface area contributed by atoms with E-state index < -0.39 is 17.8 Å². The normalized spacial score (nSPS) is 18.9. The van der Waals surface area contributed by atoms with Gasteiger partial charge in [-0.2, -0.15) is 10.2 Å². The number of H-pyrrole nitrogens is 1. The third-order valence-corrected chi connectivity index (χ3v) is 6.03. The highest BCUT2D eigenvalue weighted by Crippen LogP contribution is 2.34. The van der Waals surface area contributed by atoms with Crippen molar-refractivity contribution in [3.63, 3.8) is 0 Å². The molecule has 0 saturated carbocycles. The molecule has 3 aromatic rings. The predicted octanol–water partition coefficient (Wildman–Crippen LogP) is 2.81. The Morgan fingerprint density at radius 1 is 1.44 bits per heavy atom. The van der Waals surface area contributed by atoms with Crippen molar-refractivity contribution in [3.05, 3.63) is 71.4 Å². The van der Waals surface area contributed by atoms with E-state index >= 15 is 0 Å². The first-order chi connectivity index (χ1) is 16.5. The lowest BCUT2D eigenvalue weighted by Crippen LogP contribution is -2.40. The van der Waals surface area contributed by atoms with Crippen molar-refractivity contribution in [3.8, 4) is 11.5 Å². The average Bonchev–Trinajstić information content (AvgIpc) is 3.58. The molecule has 2 aliphatic rings. The number of hydrogen-bond acceptors (Lipinski definition) is 8. The van der Waals surface area contributed by atoms with E-state index in [0.717, 1.165) is 11.4 Å². The summed E-state index contributed by atoms with van der Waals surface area (Å²) >= 11 is 0. The summed E-state index contributed by atoms with van der Waals surface area (Å²) < 4.78 is 21.9. The maximum atomic E-state index is 14.5. The number of hydrazone groups is 1. The number of carbonyl (C=O) groups excluding carboxylic acids is 1. The monoisotopic (exact) mass is 463 g/mol. The second-order valence-corrected chi connectivity index (χ2v) is 7.88. The van der Waals surface area contributed by atoms with Crippen LogP contribution in [0.15, 0.2) is 58.0 Å². The highest BCUT2D eigenvalue weighted by Gasteiger charge is 2.35. The van der Waals surface area contributed by atoms with Gasteiger partial charge in [-0.3, -0.25) is 9.48 Å². The zero-order valence-electron chi connectivity index (χ0n) is 18.6. The van der Waals surface area contributed by atoms with Crippen LogP contribution in [0.5, 0.6) is 0 Å². The molecule has 0 radical (unpaired) electrons. The molecular formula is C22H22FN9O2. The minimum atomic E-state index is -0.462. The van der Waals surface area contributed by atoms with Crippen molar-refractivity contribution in [1.29, 1.82) is 0 Å². The predicted molar refractivity (Wildman–Crippen MR) is 120 cm³/mol. The molecule has 1 atom stereocenters. The first kappa shape index (κ1) is 21.5. The van der Waals surface area contributed by atoms with Gasteiger partial charge in [-0.1, -0.05) is 6.08 Å². The number of nitrogens with one attached hydrogen (secondary N) is 1. The molecule has 1 N–H and O–H groups in total. The Morgan fingerprint density at radius 3 is 3.06 bits per heavy atom. The Morgan fingerprint density at radius 2 is 2.29 bits per heavy atom. The van der Waals surface area contributed by atoms with E-state index in [1.165, 1.54) is 11.1 Å². The van der Waals surface area contributed by atoms with Crippen LogP contribution in [0.2, 0.25) is 0 Å². The molecule has 2 aliphatic heterocycles. The molecule has 3 aromatic heterocycles. The van der Waals surface area contributed by atoms with Gasteiger partial charge in [0.05, 0.1) is 35.5 Å². The van der Waals surface area contributed by atoms with Gasteiger partial charge in [0.1, 0.15) is 5.83 Å². The van der Waals surface area contributed by atoms with Crippen molar-refractivity contribution >= 4 is 12.6 Å². The summed E-state index contributed by atoms with van der Waals surface area (Å²) in [5, 5.41) is 17.4. The molecular weight excluding hydrogens is 441 g/mol. The number of amides is 1. The summed E-state index contributed by atoms with van der Waals surface area (Å²) in [4.78, 5) is 22.6. The number of halogens is 1. The van der Waals surface area contributed by atoms with Crippen LogP contribution in [0.4, 0.5) is 4.39 Å².